The van der Waals surface area contributed by atoms with Gasteiger partial charge in [0.25, 0.3) is 0 Å². The van der Waals surface area contributed by atoms with E-state index in [-0.39, 0.29) is 24.0 Å². The number of nitrogens with zero attached hydrogens (tertiary/aromatic N) is 3. The molecule has 0 aliphatic carbocycles. The van der Waals surface area contributed by atoms with E-state index in [2.05, 4.69) is 9.97 Å². The van der Waals surface area contributed by atoms with Gasteiger partial charge in [-0.25, -0.2) is 9.97 Å². The van der Waals surface area contributed by atoms with Gasteiger partial charge in [0, 0.05) is 19.8 Å². The number of rotatable bonds is 4. The van der Waals surface area contributed by atoms with Crippen molar-refractivity contribution >= 4 is 11.8 Å². The van der Waals surface area contributed by atoms with E-state index in [1.807, 2.05) is 0 Å². The number of anilines is 1. The van der Waals surface area contributed by atoms with Gasteiger partial charge < -0.3 is 10.6 Å². The monoisotopic (exact) mass is 247 g/mol. The van der Waals surface area contributed by atoms with Gasteiger partial charge in [-0.05, 0) is 6.07 Å². The second-order valence-corrected chi connectivity index (χ2v) is 3.44. The lowest BCUT2D eigenvalue weighted by atomic mass is 10.3. The first kappa shape index (κ1) is 13.2. The minimum absolute atomic E-state index is 0.113. The van der Waals surface area contributed by atoms with Gasteiger partial charge in [0.2, 0.25) is 5.95 Å². The molecule has 0 spiro atoms. The highest BCUT2D eigenvalue weighted by atomic mass is 19.4. The second kappa shape index (κ2) is 4.98. The van der Waals surface area contributed by atoms with Crippen LogP contribution < -0.4 is 10.6 Å². The highest BCUT2D eigenvalue weighted by Crippen LogP contribution is 2.20. The summed E-state index contributed by atoms with van der Waals surface area (Å²) in [5, 5.41) is 7.16. The van der Waals surface area contributed by atoms with Crippen molar-refractivity contribution in [3.63, 3.8) is 0 Å². The Hall–Kier alpha value is -1.86. The topological polar surface area (TPSA) is 78.9 Å². The van der Waals surface area contributed by atoms with Crippen molar-refractivity contribution < 1.29 is 13.2 Å². The third-order valence-corrected chi connectivity index (χ3v) is 1.99. The Bertz CT molecular complexity index is 404. The number of hydrogen-bond acceptors (Lipinski definition) is 4. The van der Waals surface area contributed by atoms with Crippen LogP contribution >= 0.6 is 0 Å². The molecule has 94 valence electrons. The number of amidine groups is 1. The van der Waals surface area contributed by atoms with E-state index >= 15 is 0 Å². The van der Waals surface area contributed by atoms with Crippen LogP contribution in [0.25, 0.3) is 0 Å². The Balaban J connectivity index is 2.72. The van der Waals surface area contributed by atoms with E-state index < -0.39 is 12.6 Å². The van der Waals surface area contributed by atoms with Gasteiger partial charge in [0.05, 0.1) is 6.42 Å². The number of nitrogens with one attached hydrogen (secondary N) is 1. The first-order valence-electron chi connectivity index (χ1n) is 4.75. The van der Waals surface area contributed by atoms with E-state index in [0.29, 0.717) is 0 Å². The van der Waals surface area contributed by atoms with Gasteiger partial charge in [0.15, 0.2) is 0 Å². The van der Waals surface area contributed by atoms with Crippen LogP contribution in [0, 0.1) is 5.41 Å². The molecule has 5 nitrogen and oxygen atoms in total. The summed E-state index contributed by atoms with van der Waals surface area (Å²) >= 11 is 0. The Morgan fingerprint density at radius 3 is 2.71 bits per heavy atom. The first-order valence-corrected chi connectivity index (χ1v) is 4.75. The van der Waals surface area contributed by atoms with Crippen LogP contribution in [0.4, 0.5) is 19.1 Å². The number of aromatic nitrogens is 2. The fourth-order valence-electron chi connectivity index (χ4n) is 1.08. The molecular formula is C9H12F3N5. The molecule has 0 radical (unpaired) electrons. The van der Waals surface area contributed by atoms with Crippen LogP contribution in [0.15, 0.2) is 12.3 Å². The molecule has 0 aliphatic rings. The highest BCUT2D eigenvalue weighted by molar-refractivity contribution is 5.93. The standard InChI is InChI=1S/C9H12F3N5/c1-17(5-3-9(10,11)12)8-15-4-2-6(16-8)7(13)14/h2,4H,3,5H2,1H3,(H3,13,14). The summed E-state index contributed by atoms with van der Waals surface area (Å²) in [5.74, 6) is -0.139. The van der Waals surface area contributed by atoms with Crippen molar-refractivity contribution in [2.45, 2.75) is 12.6 Å². The summed E-state index contributed by atoms with van der Waals surface area (Å²) in [5.41, 5.74) is 5.41. The van der Waals surface area contributed by atoms with E-state index in [1.165, 1.54) is 24.2 Å². The maximum Gasteiger partial charge on any atom is 0.390 e. The molecule has 0 fully saturated rings. The largest absolute Gasteiger partial charge is 0.390 e. The number of nitrogens with two attached hydrogens (primary N) is 1. The van der Waals surface area contributed by atoms with Crippen LogP contribution in [0.3, 0.4) is 0 Å². The SMILES string of the molecule is CN(CCC(F)(F)F)c1nccc(C(=N)N)n1. The zero-order valence-electron chi connectivity index (χ0n) is 9.12. The van der Waals surface area contributed by atoms with Crippen LogP contribution in [0.1, 0.15) is 12.1 Å². The molecule has 8 heteroatoms. The maximum absolute atomic E-state index is 12.0. The van der Waals surface area contributed by atoms with E-state index in [4.69, 9.17) is 11.1 Å². The average Bonchev–Trinajstić information content (AvgIpc) is 2.25. The molecule has 0 aromatic carbocycles. The molecule has 1 aromatic heterocycles. The van der Waals surface area contributed by atoms with E-state index in [9.17, 15) is 13.2 Å². The van der Waals surface area contributed by atoms with Crippen molar-refractivity contribution in [3.05, 3.63) is 18.0 Å². The zero-order chi connectivity index (χ0) is 13.1. The molecule has 0 aliphatic heterocycles. The summed E-state index contributed by atoms with van der Waals surface area (Å²) in [6.07, 6.45) is -3.81. The zero-order valence-corrected chi connectivity index (χ0v) is 9.12. The Morgan fingerprint density at radius 2 is 2.18 bits per heavy atom. The maximum atomic E-state index is 12.0. The summed E-state index contributed by atoms with van der Waals surface area (Å²) in [6.45, 7) is -0.245. The lowest BCUT2D eigenvalue weighted by Gasteiger charge is -2.18. The second-order valence-electron chi connectivity index (χ2n) is 3.44. The molecule has 0 unspecified atom stereocenters. The minimum Gasteiger partial charge on any atom is -0.382 e. The van der Waals surface area contributed by atoms with Crippen LogP contribution in [0.2, 0.25) is 0 Å². The molecular weight excluding hydrogens is 235 g/mol. The lowest BCUT2D eigenvalue weighted by Crippen LogP contribution is -2.26. The highest BCUT2D eigenvalue weighted by Gasteiger charge is 2.27. The van der Waals surface area contributed by atoms with Gasteiger partial charge in [-0.15, -0.1) is 0 Å². The molecule has 1 heterocycles. The fourth-order valence-corrected chi connectivity index (χ4v) is 1.08. The molecule has 0 atom stereocenters. The number of hydrogen-bond donors (Lipinski definition) is 2. The summed E-state index contributed by atoms with van der Waals surface area (Å²) < 4.78 is 36.1. The number of nitrogen functional groups attached to an aromatic ring is 1. The molecule has 3 N–H and O–H groups in total. The van der Waals surface area contributed by atoms with Crippen LogP contribution in [-0.4, -0.2) is 35.6 Å². The number of alkyl halides is 3. The Labute approximate surface area is 96.0 Å². The molecule has 0 saturated carbocycles. The fraction of sp³-hybridized carbons (Fsp3) is 0.444. The predicted octanol–water partition coefficient (Wildman–Crippen LogP) is 1.15. The normalized spacial score (nSPS) is 11.3. The van der Waals surface area contributed by atoms with Gasteiger partial charge in [0.1, 0.15) is 11.5 Å². The minimum atomic E-state index is -4.22. The smallest absolute Gasteiger partial charge is 0.382 e. The van der Waals surface area contributed by atoms with E-state index in [1.54, 1.807) is 0 Å². The molecule has 1 aromatic rings. The Morgan fingerprint density at radius 1 is 1.53 bits per heavy atom. The molecule has 17 heavy (non-hydrogen) atoms. The van der Waals surface area contributed by atoms with Crippen molar-refractivity contribution in [1.29, 1.82) is 5.41 Å². The quantitative estimate of drug-likeness (QED) is 0.618. The van der Waals surface area contributed by atoms with E-state index in [0.717, 1.165) is 0 Å². The van der Waals surface area contributed by atoms with Gasteiger partial charge in [-0.2, -0.15) is 13.2 Å². The molecule has 0 saturated heterocycles. The van der Waals surface area contributed by atoms with Crippen LogP contribution in [0.5, 0.6) is 0 Å². The summed E-state index contributed by atoms with van der Waals surface area (Å²) in [7, 11) is 1.45. The Kier molecular flexibility index (Phi) is 3.87. The first-order chi connectivity index (χ1) is 7.79. The third-order valence-electron chi connectivity index (χ3n) is 1.99. The molecule has 1 rings (SSSR count). The van der Waals surface area contributed by atoms with Crippen molar-refractivity contribution in [2.24, 2.45) is 5.73 Å². The molecule has 0 amide bonds. The number of halogens is 3. The predicted molar refractivity (Wildman–Crippen MR) is 57.0 cm³/mol. The van der Waals surface area contributed by atoms with Crippen molar-refractivity contribution in [1.82, 2.24) is 9.97 Å². The van der Waals surface area contributed by atoms with Gasteiger partial charge >= 0.3 is 6.18 Å². The van der Waals surface area contributed by atoms with Crippen molar-refractivity contribution in [2.75, 3.05) is 18.5 Å². The average molecular weight is 247 g/mol. The lowest BCUT2D eigenvalue weighted by molar-refractivity contribution is -0.132. The van der Waals surface area contributed by atoms with Gasteiger partial charge in [-0.3, -0.25) is 5.41 Å². The van der Waals surface area contributed by atoms with Crippen molar-refractivity contribution in [3.8, 4) is 0 Å². The molecule has 0 bridgehead atoms. The third kappa shape index (κ3) is 4.25. The summed E-state index contributed by atoms with van der Waals surface area (Å²) in [6, 6.07) is 1.42. The van der Waals surface area contributed by atoms with Crippen LogP contribution in [-0.2, 0) is 0 Å². The van der Waals surface area contributed by atoms with Gasteiger partial charge in [-0.1, -0.05) is 0 Å². The summed E-state index contributed by atoms with van der Waals surface area (Å²) in [4.78, 5) is 8.95.